The second-order valence-electron chi connectivity index (χ2n) is 17.8. The summed E-state index contributed by atoms with van der Waals surface area (Å²) in [5.74, 6) is -2.05. The summed E-state index contributed by atoms with van der Waals surface area (Å²) in [6.45, 7) is 16.6. The molecule has 3 aliphatic heterocycles. The van der Waals surface area contributed by atoms with Gasteiger partial charge in [-0.05, 0) is 75.1 Å². The van der Waals surface area contributed by atoms with E-state index < -0.39 is 64.3 Å². The van der Waals surface area contributed by atoms with Gasteiger partial charge >= 0.3 is 30.2 Å². The van der Waals surface area contributed by atoms with Crippen molar-refractivity contribution >= 4 is 41.1 Å². The van der Waals surface area contributed by atoms with E-state index in [-0.39, 0.29) is 76.5 Å². The minimum atomic E-state index is -1.99. The molecule has 0 saturated carbocycles. The Morgan fingerprint density at radius 1 is 1.05 bits per heavy atom. The second-order valence-corrected chi connectivity index (χ2v) is 17.8. The van der Waals surface area contributed by atoms with Crippen molar-refractivity contribution in [3.8, 4) is 11.4 Å². The Balaban J connectivity index is 1.12. The van der Waals surface area contributed by atoms with Crippen molar-refractivity contribution in [2.45, 2.75) is 105 Å². The van der Waals surface area contributed by atoms with Gasteiger partial charge in [-0.1, -0.05) is 33.4 Å². The number of ether oxygens (including phenoxy) is 4. The number of hydrogen-bond acceptors (Lipinski definition) is 13. The summed E-state index contributed by atoms with van der Waals surface area (Å²) in [7, 11) is 0. The van der Waals surface area contributed by atoms with Crippen molar-refractivity contribution in [3.05, 3.63) is 74.3 Å². The van der Waals surface area contributed by atoms with Crippen LogP contribution in [-0.2, 0) is 58.5 Å². The number of aryl methyl sites for hydroxylation is 1. The Kier molecular flexibility index (Phi) is 11.8. The molecule has 62 heavy (non-hydrogen) atoms. The number of hydrogen-bond donors (Lipinski definition) is 2. The summed E-state index contributed by atoms with van der Waals surface area (Å²) in [6, 6.07) is 2.44. The molecule has 18 heteroatoms. The fraction of sp³-hybridized carbons (Fsp3) is 0.523. The molecule has 7 rings (SSSR count). The van der Waals surface area contributed by atoms with Crippen LogP contribution in [0, 0.1) is 18.2 Å². The van der Waals surface area contributed by atoms with Gasteiger partial charge in [0.05, 0.1) is 54.6 Å². The van der Waals surface area contributed by atoms with E-state index in [1.54, 1.807) is 54.5 Å². The molecule has 4 aliphatic rings. The predicted molar refractivity (Wildman–Crippen MR) is 221 cm³/mol. The number of amides is 3. The maximum atomic E-state index is 15.4. The summed E-state index contributed by atoms with van der Waals surface area (Å²) in [5, 5.41) is 7.81. The van der Waals surface area contributed by atoms with E-state index in [4.69, 9.17) is 28.8 Å². The average Bonchev–Trinajstić information content (AvgIpc) is 3.57. The Morgan fingerprint density at radius 3 is 2.45 bits per heavy atom. The Hall–Kier alpha value is -6.04. The number of hydroxylamine groups is 2. The van der Waals surface area contributed by atoms with Crippen molar-refractivity contribution in [2.75, 3.05) is 39.3 Å². The topological polar surface area (TPSA) is 197 Å². The third-order valence-corrected chi connectivity index (χ3v) is 11.7. The molecule has 0 radical (unpaired) electrons. The van der Waals surface area contributed by atoms with Gasteiger partial charge in [0.25, 0.3) is 5.56 Å². The fourth-order valence-corrected chi connectivity index (χ4v) is 8.63. The number of nitrogens with one attached hydrogen (secondary N) is 2. The molecule has 1 saturated heterocycles. The van der Waals surface area contributed by atoms with Crippen LogP contribution in [0.15, 0.2) is 29.6 Å². The Morgan fingerprint density at radius 2 is 1.77 bits per heavy atom. The standard InChI is InChI=1S/C44H53FN6O11/c1-9-17-58-41(57)49-13-15-50(16-14-49)62-39(55)46-23-43(7,8)20-33(52)60-44(10-2)28-18-32-36-26(21-51(32)37(53)27(28)22-59-38(44)54)35-30(48-40(56)61-42(4,5)6)12-11-25-24(3)29(45)19-31(47-36)34(25)35/h9,18-19,30H,1,10-17,20-23H2,2-8H3,(H,46,55)(H,48,56)/t30-,44-/m0/s1. The molecule has 1 aromatic carbocycles. The number of nitrogens with zero attached hydrogens (tertiary/aromatic N) is 4. The van der Waals surface area contributed by atoms with Gasteiger partial charge in [0.2, 0.25) is 5.60 Å². The lowest BCUT2D eigenvalue weighted by atomic mass is 9.81. The first-order valence-corrected chi connectivity index (χ1v) is 20.8. The number of esters is 2. The van der Waals surface area contributed by atoms with Crippen LogP contribution in [0.25, 0.3) is 22.3 Å². The smallest absolute Gasteiger partial charge is 0.426 e. The van der Waals surface area contributed by atoms with Gasteiger partial charge in [0.1, 0.15) is 24.6 Å². The zero-order valence-corrected chi connectivity index (χ0v) is 36.2. The summed E-state index contributed by atoms with van der Waals surface area (Å²) in [5.41, 5.74) is -0.105. The van der Waals surface area contributed by atoms with E-state index in [2.05, 4.69) is 17.2 Å². The van der Waals surface area contributed by atoms with Gasteiger partial charge in [-0.25, -0.2) is 28.6 Å². The molecule has 5 heterocycles. The van der Waals surface area contributed by atoms with E-state index in [9.17, 15) is 28.8 Å². The number of piperazine rings is 1. The summed E-state index contributed by atoms with van der Waals surface area (Å²) in [6.07, 6.45) is 0.225. The van der Waals surface area contributed by atoms with Crippen molar-refractivity contribution in [1.82, 2.24) is 30.1 Å². The van der Waals surface area contributed by atoms with Gasteiger partial charge in [-0.2, -0.15) is 0 Å². The second kappa shape index (κ2) is 16.7. The van der Waals surface area contributed by atoms with Gasteiger partial charge in [-0.15, -0.1) is 5.06 Å². The third kappa shape index (κ3) is 8.43. The number of fused-ring (bicyclic) bond motifs is 5. The van der Waals surface area contributed by atoms with Crippen LogP contribution in [0.2, 0.25) is 0 Å². The van der Waals surface area contributed by atoms with E-state index in [1.165, 1.54) is 26.7 Å². The van der Waals surface area contributed by atoms with E-state index in [0.29, 0.717) is 51.8 Å². The van der Waals surface area contributed by atoms with Crippen molar-refractivity contribution in [2.24, 2.45) is 5.41 Å². The molecule has 0 unspecified atom stereocenters. The molecule has 1 fully saturated rings. The highest BCUT2D eigenvalue weighted by atomic mass is 19.1. The van der Waals surface area contributed by atoms with Crippen molar-refractivity contribution < 1.29 is 52.1 Å². The number of carbonyl (C=O) groups is 5. The third-order valence-electron chi connectivity index (χ3n) is 11.7. The number of alkyl carbamates (subject to hydrolysis) is 1. The number of halogens is 1. The molecule has 332 valence electrons. The molecule has 0 bridgehead atoms. The van der Waals surface area contributed by atoms with Crippen LogP contribution in [0.3, 0.4) is 0 Å². The Bertz CT molecular complexity index is 2430. The lowest BCUT2D eigenvalue weighted by Gasteiger charge is -2.36. The first-order chi connectivity index (χ1) is 29.3. The summed E-state index contributed by atoms with van der Waals surface area (Å²) in [4.78, 5) is 91.8. The molecule has 2 aromatic heterocycles. The number of carbonyl (C=O) groups excluding carboxylic acids is 5. The number of benzene rings is 1. The first kappa shape index (κ1) is 44.0. The largest absolute Gasteiger partial charge is 0.457 e. The molecule has 2 N–H and O–H groups in total. The van der Waals surface area contributed by atoms with Crippen LogP contribution in [0.1, 0.15) is 100 Å². The number of cyclic esters (lactones) is 1. The molecular weight excluding hydrogens is 808 g/mol. The molecule has 3 aromatic rings. The van der Waals surface area contributed by atoms with Crippen molar-refractivity contribution in [1.29, 1.82) is 0 Å². The maximum Gasteiger partial charge on any atom is 0.426 e. The molecule has 0 spiro atoms. The highest BCUT2D eigenvalue weighted by Crippen LogP contribution is 2.47. The lowest BCUT2D eigenvalue weighted by molar-refractivity contribution is -0.190. The first-order valence-electron chi connectivity index (χ1n) is 20.8. The molecule has 1 aliphatic carbocycles. The van der Waals surface area contributed by atoms with Crippen LogP contribution >= 0.6 is 0 Å². The van der Waals surface area contributed by atoms with Crippen molar-refractivity contribution in [3.63, 3.8) is 0 Å². The predicted octanol–water partition coefficient (Wildman–Crippen LogP) is 5.59. The molecule has 3 amide bonds. The van der Waals surface area contributed by atoms with E-state index >= 15 is 4.39 Å². The van der Waals surface area contributed by atoms with E-state index in [0.717, 1.165) is 5.56 Å². The SMILES string of the molecule is C=CCOC(=O)N1CCN(OC(=O)NCC(C)(C)CC(=O)O[C@]2(CC)C(=O)OCc3c2cc2n(c3=O)Cc3c-2nc2cc(F)c(C)c4c2c3[C@@H](NC(=O)OC(C)(C)C)CC4)CC1. The summed E-state index contributed by atoms with van der Waals surface area (Å²) < 4.78 is 39.2. The quantitative estimate of drug-likeness (QED) is 0.114. The fourth-order valence-electron chi connectivity index (χ4n) is 8.63. The zero-order chi connectivity index (χ0) is 44.9. The highest BCUT2D eigenvalue weighted by molar-refractivity contribution is 5.94. The average molecular weight is 861 g/mol. The lowest BCUT2D eigenvalue weighted by Crippen LogP contribution is -2.50. The van der Waals surface area contributed by atoms with E-state index in [1.807, 2.05) is 0 Å². The number of rotatable bonds is 10. The number of pyridine rings is 2. The highest BCUT2D eigenvalue weighted by Gasteiger charge is 2.51. The zero-order valence-electron chi connectivity index (χ0n) is 36.2. The monoisotopic (exact) mass is 860 g/mol. The molecular formula is C44H53FN6O11. The van der Waals surface area contributed by atoms with Gasteiger partial charge < -0.3 is 43.9 Å². The van der Waals surface area contributed by atoms with Gasteiger partial charge in [-0.3, -0.25) is 9.59 Å². The van der Waals surface area contributed by atoms with Crippen LogP contribution in [-0.4, -0.2) is 94.7 Å². The molecule has 17 nitrogen and oxygen atoms in total. The minimum Gasteiger partial charge on any atom is -0.457 e. The normalized spacial score (nSPS) is 19.4. The van der Waals surface area contributed by atoms with Gasteiger partial charge in [0.15, 0.2) is 0 Å². The number of aromatic nitrogens is 2. The van der Waals surface area contributed by atoms with Crippen LogP contribution in [0.4, 0.5) is 18.8 Å². The van der Waals surface area contributed by atoms with Crippen LogP contribution < -0.4 is 16.2 Å². The minimum absolute atomic E-state index is 0.00581. The molecule has 2 atom stereocenters. The summed E-state index contributed by atoms with van der Waals surface area (Å²) >= 11 is 0. The maximum absolute atomic E-state index is 15.4. The van der Waals surface area contributed by atoms with Gasteiger partial charge in [0, 0.05) is 42.2 Å². The van der Waals surface area contributed by atoms with Crippen LogP contribution in [0.5, 0.6) is 0 Å². The Labute approximate surface area is 357 Å².